The number of nitrogens with zero attached hydrogens (tertiary/aromatic N) is 4. The van der Waals surface area contributed by atoms with Crippen molar-refractivity contribution in [2.45, 2.75) is 25.3 Å². The Labute approximate surface area is 173 Å². The van der Waals surface area contributed by atoms with E-state index in [2.05, 4.69) is 10.6 Å². The van der Waals surface area contributed by atoms with Crippen LogP contribution in [0.2, 0.25) is 0 Å². The van der Waals surface area contributed by atoms with Crippen LogP contribution in [-0.2, 0) is 4.79 Å². The van der Waals surface area contributed by atoms with Gasteiger partial charge < -0.3 is 15.4 Å². The highest BCUT2D eigenvalue weighted by atomic mass is 16.5. The van der Waals surface area contributed by atoms with Crippen molar-refractivity contribution in [3.8, 4) is 17.1 Å². The number of ether oxygens (including phenoxy) is 1. The van der Waals surface area contributed by atoms with Gasteiger partial charge in [0.2, 0.25) is 11.9 Å². The van der Waals surface area contributed by atoms with Crippen LogP contribution >= 0.6 is 0 Å². The molecule has 152 valence electrons. The number of nitrogens with one attached hydrogen (secondary N) is 2. The summed E-state index contributed by atoms with van der Waals surface area (Å²) in [6.45, 7) is 0.709. The highest BCUT2D eigenvalue weighted by molar-refractivity contribution is 5.93. The van der Waals surface area contributed by atoms with Gasteiger partial charge in [-0.1, -0.05) is 24.3 Å². The summed E-state index contributed by atoms with van der Waals surface area (Å²) in [4.78, 5) is 22.0. The van der Waals surface area contributed by atoms with E-state index >= 15 is 0 Å². The Morgan fingerprint density at radius 2 is 2.03 bits per heavy atom. The summed E-state index contributed by atoms with van der Waals surface area (Å²) in [6.07, 6.45) is 2.70. The average molecular weight is 402 g/mol. The summed E-state index contributed by atoms with van der Waals surface area (Å²) in [5.41, 5.74) is 2.33. The number of fused-ring (bicyclic) bond motifs is 3. The number of carbonyl (C=O) groups is 1. The summed E-state index contributed by atoms with van der Waals surface area (Å²) in [6, 6.07) is 15.1. The van der Waals surface area contributed by atoms with Crippen molar-refractivity contribution in [2.24, 2.45) is 0 Å². The van der Waals surface area contributed by atoms with Gasteiger partial charge in [-0.05, 0) is 43.5 Å². The van der Waals surface area contributed by atoms with E-state index in [1.54, 1.807) is 11.6 Å². The molecule has 4 aromatic rings. The Kier molecular flexibility index (Phi) is 4.66. The van der Waals surface area contributed by atoms with Gasteiger partial charge in [-0.2, -0.15) is 4.52 Å². The first-order valence-corrected chi connectivity index (χ1v) is 10.1. The fraction of sp³-hybridized carbons (Fsp3) is 0.273. The van der Waals surface area contributed by atoms with E-state index in [0.717, 1.165) is 41.5 Å². The van der Waals surface area contributed by atoms with Gasteiger partial charge in [-0.3, -0.25) is 4.79 Å². The molecule has 1 saturated heterocycles. The number of rotatable bonds is 4. The zero-order chi connectivity index (χ0) is 20.5. The van der Waals surface area contributed by atoms with E-state index in [-0.39, 0.29) is 11.9 Å². The Morgan fingerprint density at radius 1 is 1.13 bits per heavy atom. The summed E-state index contributed by atoms with van der Waals surface area (Å²) in [5.74, 6) is 1.80. The smallest absolute Gasteiger partial charge is 0.242 e. The zero-order valence-corrected chi connectivity index (χ0v) is 16.6. The predicted molar refractivity (Wildman–Crippen MR) is 115 cm³/mol. The van der Waals surface area contributed by atoms with Crippen LogP contribution in [0.25, 0.3) is 27.9 Å². The van der Waals surface area contributed by atoms with E-state index in [1.807, 2.05) is 48.5 Å². The molecule has 2 aromatic carbocycles. The molecule has 0 spiro atoms. The number of carbonyl (C=O) groups excluding carboxylic acids is 1. The van der Waals surface area contributed by atoms with Crippen LogP contribution in [0.4, 0.5) is 5.95 Å². The summed E-state index contributed by atoms with van der Waals surface area (Å²) >= 11 is 0. The maximum absolute atomic E-state index is 12.5. The second-order valence-electron chi connectivity index (χ2n) is 7.34. The molecule has 5 rings (SSSR count). The molecule has 8 heteroatoms. The molecule has 0 unspecified atom stereocenters. The number of hydrogen-bond acceptors (Lipinski definition) is 6. The minimum atomic E-state index is -0.353. The minimum Gasteiger partial charge on any atom is -0.497 e. The van der Waals surface area contributed by atoms with Gasteiger partial charge in [-0.15, -0.1) is 5.10 Å². The topological polar surface area (TPSA) is 93.4 Å². The van der Waals surface area contributed by atoms with Gasteiger partial charge in [0.1, 0.15) is 11.8 Å². The second-order valence-corrected chi connectivity index (χ2v) is 7.34. The van der Waals surface area contributed by atoms with Gasteiger partial charge >= 0.3 is 0 Å². The number of amides is 1. The molecule has 8 nitrogen and oxygen atoms in total. The van der Waals surface area contributed by atoms with Crippen LogP contribution in [0.5, 0.6) is 5.75 Å². The molecule has 2 N–H and O–H groups in total. The number of methoxy groups -OCH3 is 1. The maximum atomic E-state index is 12.5. The standard InChI is InChI=1S/C22H22N6O2/c1-30-15-8-6-7-14(13-15)19-26-20-16-9-2-3-10-17(16)24-22(28(20)27-19)25-18-11-4-5-12-23-21(18)29/h2-3,6-10,13,18H,4-5,11-12H2,1H3,(H,23,29)(H,24,25)/t18-/m0/s1. The lowest BCUT2D eigenvalue weighted by Crippen LogP contribution is -2.38. The fourth-order valence-corrected chi connectivity index (χ4v) is 3.77. The Morgan fingerprint density at radius 3 is 2.93 bits per heavy atom. The highest BCUT2D eigenvalue weighted by Crippen LogP contribution is 2.26. The van der Waals surface area contributed by atoms with Crippen molar-refractivity contribution in [3.63, 3.8) is 0 Å². The van der Waals surface area contributed by atoms with Crippen molar-refractivity contribution in [2.75, 3.05) is 19.0 Å². The number of para-hydroxylation sites is 1. The first-order chi connectivity index (χ1) is 14.7. The van der Waals surface area contributed by atoms with E-state index in [9.17, 15) is 4.79 Å². The zero-order valence-electron chi connectivity index (χ0n) is 16.6. The van der Waals surface area contributed by atoms with Gasteiger partial charge in [0.25, 0.3) is 0 Å². The normalized spacial score (nSPS) is 17.0. The van der Waals surface area contributed by atoms with Crippen LogP contribution in [0.1, 0.15) is 19.3 Å². The molecular weight excluding hydrogens is 380 g/mol. The Bertz CT molecular complexity index is 1230. The van der Waals surface area contributed by atoms with Crippen molar-refractivity contribution in [3.05, 3.63) is 48.5 Å². The molecule has 1 amide bonds. The van der Waals surface area contributed by atoms with Crippen LogP contribution in [0.3, 0.4) is 0 Å². The molecule has 0 radical (unpaired) electrons. The molecule has 1 aliphatic heterocycles. The second kappa shape index (κ2) is 7.62. The van der Waals surface area contributed by atoms with Crippen molar-refractivity contribution in [1.29, 1.82) is 0 Å². The maximum Gasteiger partial charge on any atom is 0.242 e. The third-order valence-corrected chi connectivity index (χ3v) is 5.35. The van der Waals surface area contributed by atoms with Crippen molar-refractivity contribution in [1.82, 2.24) is 24.9 Å². The number of aromatic nitrogens is 4. The lowest BCUT2D eigenvalue weighted by Gasteiger charge is -2.16. The van der Waals surface area contributed by atoms with Crippen LogP contribution < -0.4 is 15.4 Å². The van der Waals surface area contributed by atoms with Crippen LogP contribution in [0, 0.1) is 0 Å². The number of anilines is 1. The van der Waals surface area contributed by atoms with Crippen LogP contribution in [0.15, 0.2) is 48.5 Å². The summed E-state index contributed by atoms with van der Waals surface area (Å²) < 4.78 is 7.03. The molecule has 2 aromatic heterocycles. The van der Waals surface area contributed by atoms with Gasteiger partial charge in [-0.25, -0.2) is 9.97 Å². The van der Waals surface area contributed by atoms with E-state index < -0.39 is 0 Å². The predicted octanol–water partition coefficient (Wildman–Crippen LogP) is 3.03. The lowest BCUT2D eigenvalue weighted by molar-refractivity contribution is -0.121. The van der Waals surface area contributed by atoms with Gasteiger partial charge in [0.15, 0.2) is 11.5 Å². The van der Waals surface area contributed by atoms with Gasteiger partial charge in [0, 0.05) is 17.5 Å². The molecule has 0 aliphatic carbocycles. The Balaban J connectivity index is 1.65. The van der Waals surface area contributed by atoms with Crippen LogP contribution in [-0.4, -0.2) is 45.2 Å². The first kappa shape index (κ1) is 18.4. The molecule has 3 heterocycles. The SMILES string of the molecule is COc1cccc(-c2nc3c4ccccc4nc(N[C@H]4CCCCNC4=O)n3n2)c1. The van der Waals surface area contributed by atoms with Crippen molar-refractivity contribution < 1.29 is 9.53 Å². The summed E-state index contributed by atoms with van der Waals surface area (Å²) in [7, 11) is 1.63. The largest absolute Gasteiger partial charge is 0.497 e. The first-order valence-electron chi connectivity index (χ1n) is 10.1. The molecule has 1 fully saturated rings. The van der Waals surface area contributed by atoms with E-state index in [0.29, 0.717) is 24.0 Å². The molecular formula is C22H22N6O2. The summed E-state index contributed by atoms with van der Waals surface area (Å²) in [5, 5.41) is 11.9. The third kappa shape index (κ3) is 3.30. The molecule has 0 bridgehead atoms. The molecule has 0 saturated carbocycles. The van der Waals surface area contributed by atoms with Gasteiger partial charge in [0.05, 0.1) is 12.6 Å². The molecule has 30 heavy (non-hydrogen) atoms. The van der Waals surface area contributed by atoms with Crippen molar-refractivity contribution >= 4 is 28.4 Å². The number of benzene rings is 2. The number of hydrogen-bond donors (Lipinski definition) is 2. The minimum absolute atomic E-state index is 0.0104. The fourth-order valence-electron chi connectivity index (χ4n) is 3.77. The van der Waals surface area contributed by atoms with E-state index in [1.165, 1.54) is 0 Å². The third-order valence-electron chi connectivity index (χ3n) is 5.35. The molecule has 1 aliphatic rings. The van der Waals surface area contributed by atoms with E-state index in [4.69, 9.17) is 19.8 Å². The average Bonchev–Trinajstić information content (AvgIpc) is 3.14. The highest BCUT2D eigenvalue weighted by Gasteiger charge is 2.23. The monoisotopic (exact) mass is 402 g/mol. The lowest BCUT2D eigenvalue weighted by atomic mass is 10.1. The quantitative estimate of drug-likeness (QED) is 0.545. The molecule has 1 atom stereocenters. The Hall–Kier alpha value is -3.68.